The summed E-state index contributed by atoms with van der Waals surface area (Å²) >= 11 is 5.83. The van der Waals surface area contributed by atoms with E-state index in [0.717, 1.165) is 24.0 Å². The summed E-state index contributed by atoms with van der Waals surface area (Å²) in [6.45, 7) is 21.2. The molecule has 0 aromatic heterocycles. The number of halogens is 4. The molecular weight excluding hydrogens is 908 g/mol. The Morgan fingerprint density at radius 1 is 0.717 bits per heavy atom. The van der Waals surface area contributed by atoms with Crippen LogP contribution in [0, 0.1) is 33.1 Å². The number of hydrogen-bond acceptors (Lipinski definition) is 0. The molecule has 4 aromatic carbocycles. The van der Waals surface area contributed by atoms with E-state index < -0.39 is 0 Å². The molecule has 0 amide bonds. The Kier molecular flexibility index (Phi) is 21.3. The second-order valence-corrected chi connectivity index (χ2v) is 15.1. The van der Waals surface area contributed by atoms with Crippen LogP contribution in [0.3, 0.4) is 0 Å². The minimum absolute atomic E-state index is 0. The molecule has 246 valence electrons. The van der Waals surface area contributed by atoms with E-state index in [0.29, 0.717) is 0 Å². The zero-order valence-electron chi connectivity index (χ0n) is 27.8. The van der Waals surface area contributed by atoms with Crippen molar-refractivity contribution in [3.05, 3.63) is 164 Å². The van der Waals surface area contributed by atoms with E-state index in [1.165, 1.54) is 64.8 Å². The maximum atomic E-state index is 3.78. The van der Waals surface area contributed by atoms with Crippen molar-refractivity contribution in [2.45, 2.75) is 65.2 Å². The van der Waals surface area contributed by atoms with Crippen LogP contribution in [-0.4, -0.2) is 4.21 Å². The number of benzene rings is 4. The van der Waals surface area contributed by atoms with Crippen LogP contribution in [0.2, 0.25) is 0 Å². The summed E-state index contributed by atoms with van der Waals surface area (Å²) in [6, 6.07) is 31.2. The van der Waals surface area contributed by atoms with E-state index in [-0.39, 0.29) is 35.6 Å². The summed E-state index contributed by atoms with van der Waals surface area (Å²) in [6.07, 6.45) is 11.0. The quantitative estimate of drug-likeness (QED) is 0.107. The van der Waals surface area contributed by atoms with Crippen LogP contribution in [-0.2, 0) is 41.5 Å². The number of allylic oxidation sites excluding steroid dienone is 4. The predicted molar refractivity (Wildman–Crippen MR) is 221 cm³/mol. The number of hydrogen-bond donors (Lipinski definition) is 0. The van der Waals surface area contributed by atoms with E-state index >= 15 is 0 Å². The van der Waals surface area contributed by atoms with Crippen LogP contribution in [0.1, 0.15) is 81.3 Å². The van der Waals surface area contributed by atoms with Gasteiger partial charge in [0.1, 0.15) is 0 Å². The molecule has 0 unspecified atom stereocenters. The Balaban J connectivity index is 0.000000669. The maximum absolute atomic E-state index is 3.78. The molecule has 0 nitrogen and oxygen atoms in total. The van der Waals surface area contributed by atoms with Gasteiger partial charge in [0, 0.05) is 0 Å². The average Bonchev–Trinajstić information content (AvgIpc) is 3.65. The van der Waals surface area contributed by atoms with Crippen molar-refractivity contribution in [1.29, 1.82) is 0 Å². The molecule has 0 saturated heterocycles. The first-order valence-corrected chi connectivity index (χ1v) is 18.5. The van der Waals surface area contributed by atoms with E-state index in [1.807, 2.05) is 48.6 Å². The summed E-state index contributed by atoms with van der Waals surface area (Å²) in [5, 5.41) is 0. The first kappa shape index (κ1) is 44.9. The molecule has 0 fully saturated rings. The predicted octanol–water partition coefficient (Wildman–Crippen LogP) is 12.7. The van der Waals surface area contributed by atoms with Gasteiger partial charge in [-0.05, 0) is 24.5 Å². The third kappa shape index (κ3) is 15.4. The fraction of sp³-hybridized carbons (Fsp3) is 0.244. The summed E-state index contributed by atoms with van der Waals surface area (Å²) in [4.78, 5) is 0. The molecule has 0 radical (unpaired) electrons. The van der Waals surface area contributed by atoms with Crippen LogP contribution in [0.4, 0.5) is 0 Å². The van der Waals surface area contributed by atoms with Gasteiger partial charge < -0.3 is 0 Å². The normalized spacial score (nSPS) is 11.5. The van der Waals surface area contributed by atoms with Crippen molar-refractivity contribution in [2.24, 2.45) is 0 Å². The van der Waals surface area contributed by atoms with E-state index in [9.17, 15) is 0 Å². The van der Waals surface area contributed by atoms with Crippen molar-refractivity contribution >= 4 is 74.2 Å². The Bertz CT molecular complexity index is 1410. The molecule has 46 heavy (non-hydrogen) atoms. The van der Waals surface area contributed by atoms with Gasteiger partial charge in [0.25, 0.3) is 0 Å². The summed E-state index contributed by atoms with van der Waals surface area (Å²) < 4.78 is 5.83. The third-order valence-corrected chi connectivity index (χ3v) is 8.23. The molecule has 5 heteroatoms. The molecule has 4 aromatic rings. The fourth-order valence-corrected chi connectivity index (χ4v) is 5.61. The zero-order valence-corrected chi connectivity index (χ0v) is 36.3. The minimum atomic E-state index is 0. The standard InChI is InChI=1S/C21H25.2C7H6I.C5H5.CH2.2ClH.Zr/c1-20(2,3)16-9-7-14-11-15-8-10-17(21(4,5)6)13-19(15)18(14)12-16;2*1-6-3-2-4-7(8)5-6;1-2-4-5-3-1;;;;/h7,9-10,12-13H,11H2,1-6H3;2*2-5H,1H2;1-3H,4H2;1H2;2*1H;/q4*-1;;;;. The molecular formula is C41H46Cl2I2Zr-4. The summed E-state index contributed by atoms with van der Waals surface area (Å²) in [5.41, 5.74) is 10.9. The average molecular weight is 955 g/mol. The molecule has 0 N–H and O–H groups in total. The molecule has 0 atom stereocenters. The van der Waals surface area contributed by atoms with Gasteiger partial charge in [0.05, 0.1) is 0 Å². The van der Waals surface area contributed by atoms with Crippen molar-refractivity contribution in [3.63, 3.8) is 0 Å². The van der Waals surface area contributed by atoms with Gasteiger partial charge in [-0.2, -0.15) is 84.6 Å². The van der Waals surface area contributed by atoms with Crippen molar-refractivity contribution in [2.75, 3.05) is 0 Å². The van der Waals surface area contributed by atoms with Gasteiger partial charge in [-0.1, -0.05) is 134 Å². The number of fused-ring (bicyclic) bond motifs is 3. The van der Waals surface area contributed by atoms with Crippen molar-refractivity contribution in [3.8, 4) is 11.1 Å². The van der Waals surface area contributed by atoms with E-state index in [1.54, 1.807) is 0 Å². The van der Waals surface area contributed by atoms with E-state index in [4.69, 9.17) is 0 Å². The topological polar surface area (TPSA) is 0 Å². The molecule has 0 spiro atoms. The van der Waals surface area contributed by atoms with Crippen molar-refractivity contribution in [1.82, 2.24) is 0 Å². The van der Waals surface area contributed by atoms with Crippen molar-refractivity contribution < 1.29 is 24.2 Å². The van der Waals surface area contributed by atoms with Gasteiger partial charge in [-0.15, -0.1) is 48.9 Å². The second-order valence-electron chi connectivity index (χ2n) is 12.6. The van der Waals surface area contributed by atoms with Crippen LogP contribution in [0.25, 0.3) is 11.1 Å². The Labute approximate surface area is 334 Å². The summed E-state index contributed by atoms with van der Waals surface area (Å²) in [5.74, 6) is 0. The fourth-order valence-electron chi connectivity index (χ4n) is 4.40. The second kappa shape index (κ2) is 21.8. The first-order valence-electron chi connectivity index (χ1n) is 14.6. The van der Waals surface area contributed by atoms with E-state index in [2.05, 4.69) is 165 Å². The van der Waals surface area contributed by atoms with Gasteiger partial charge in [-0.3, -0.25) is 6.08 Å². The molecule has 2 aliphatic carbocycles. The van der Waals surface area contributed by atoms with Gasteiger partial charge >= 0.3 is 28.4 Å². The Morgan fingerprint density at radius 2 is 1.24 bits per heavy atom. The molecule has 0 aliphatic heterocycles. The number of rotatable bonds is 0. The molecule has 2 aliphatic rings. The monoisotopic (exact) mass is 952 g/mol. The van der Waals surface area contributed by atoms with Gasteiger partial charge in [0.15, 0.2) is 0 Å². The SMILES string of the molecule is CC(C)(C)c1c[c-]c2c(c1)-c1cc(C(C)(C)C)ccc1C2.Cl.Cl.[C-]1=CC=CC1.[CH2-]c1cccc(I)c1.[CH2-]c1cccc(I)c1.[CH2]=[Zr]. The van der Waals surface area contributed by atoms with Gasteiger partial charge in [-0.25, -0.2) is 12.2 Å². The van der Waals surface area contributed by atoms with Crippen LogP contribution < -0.4 is 0 Å². The molecule has 6 rings (SSSR count). The Hall–Kier alpha value is -1.11. The molecule has 0 saturated carbocycles. The van der Waals surface area contributed by atoms with Gasteiger partial charge in [0.2, 0.25) is 0 Å². The third-order valence-electron chi connectivity index (χ3n) is 6.89. The first-order chi connectivity index (χ1) is 20.7. The molecule has 0 bridgehead atoms. The summed E-state index contributed by atoms with van der Waals surface area (Å²) in [7, 11) is 0. The van der Waals surface area contributed by atoms with Crippen LogP contribution in [0.15, 0.2) is 97.1 Å². The zero-order chi connectivity index (χ0) is 32.9. The van der Waals surface area contributed by atoms with Crippen LogP contribution >= 0.6 is 70.0 Å². The van der Waals surface area contributed by atoms with Crippen LogP contribution in [0.5, 0.6) is 0 Å². The Morgan fingerprint density at radius 3 is 1.61 bits per heavy atom. The molecule has 0 heterocycles.